The summed E-state index contributed by atoms with van der Waals surface area (Å²) >= 11 is 0. The van der Waals surface area contributed by atoms with Gasteiger partial charge in [-0.1, -0.05) is 49.6 Å². The number of benzene rings is 1. The summed E-state index contributed by atoms with van der Waals surface area (Å²) in [7, 11) is 0. The minimum Gasteiger partial charge on any atom is -0.351 e. The molecular formula is C15H21N3O3. The standard InChI is InChI=1S/C15H21N3O3/c19-14(16-12-9-5-2-6-10-12)13(17-15(20)18-21)11-7-3-1-4-8-11/h1,3-4,7-8,12-13,21H,2,5-6,9-10H2,(H,16,19)(H2,17,18,20)/t13-/m1/s1. The summed E-state index contributed by atoms with van der Waals surface area (Å²) in [6.07, 6.45) is 5.38. The zero-order chi connectivity index (χ0) is 15.1. The minimum atomic E-state index is -0.819. The first kappa shape index (κ1) is 15.3. The van der Waals surface area contributed by atoms with Gasteiger partial charge < -0.3 is 10.6 Å². The molecule has 0 unspecified atom stereocenters. The number of urea groups is 1. The number of amides is 3. The summed E-state index contributed by atoms with van der Waals surface area (Å²) in [5, 5.41) is 14.1. The van der Waals surface area contributed by atoms with Crippen LogP contribution in [0.2, 0.25) is 0 Å². The van der Waals surface area contributed by atoms with Gasteiger partial charge in [-0.15, -0.1) is 0 Å². The van der Waals surface area contributed by atoms with Gasteiger partial charge in [0.25, 0.3) is 0 Å². The molecule has 4 N–H and O–H groups in total. The summed E-state index contributed by atoms with van der Waals surface area (Å²) in [4.78, 5) is 23.8. The molecule has 1 aromatic carbocycles. The maximum atomic E-state index is 12.4. The van der Waals surface area contributed by atoms with E-state index in [0.717, 1.165) is 25.7 Å². The van der Waals surface area contributed by atoms with E-state index in [4.69, 9.17) is 5.21 Å². The van der Waals surface area contributed by atoms with Gasteiger partial charge >= 0.3 is 6.03 Å². The average Bonchev–Trinajstić information content (AvgIpc) is 2.54. The molecule has 2 rings (SSSR count). The summed E-state index contributed by atoms with van der Waals surface area (Å²) in [6, 6.07) is 7.51. The van der Waals surface area contributed by atoms with Crippen molar-refractivity contribution in [3.8, 4) is 0 Å². The molecule has 6 nitrogen and oxygen atoms in total. The molecule has 1 saturated carbocycles. The van der Waals surface area contributed by atoms with Crippen molar-refractivity contribution in [3.05, 3.63) is 35.9 Å². The molecule has 0 bridgehead atoms. The summed E-state index contributed by atoms with van der Waals surface area (Å²) in [5.74, 6) is -0.253. The van der Waals surface area contributed by atoms with Gasteiger partial charge in [0.1, 0.15) is 6.04 Å². The maximum absolute atomic E-state index is 12.4. The molecule has 0 heterocycles. The lowest BCUT2D eigenvalue weighted by Crippen LogP contribution is -2.47. The smallest absolute Gasteiger partial charge is 0.339 e. The zero-order valence-electron chi connectivity index (χ0n) is 11.8. The maximum Gasteiger partial charge on any atom is 0.339 e. The lowest BCUT2D eigenvalue weighted by Gasteiger charge is -2.26. The summed E-state index contributed by atoms with van der Waals surface area (Å²) in [6.45, 7) is 0. The van der Waals surface area contributed by atoms with Crippen molar-refractivity contribution in [1.29, 1.82) is 0 Å². The average molecular weight is 291 g/mol. The van der Waals surface area contributed by atoms with Gasteiger partial charge in [0, 0.05) is 6.04 Å². The highest BCUT2D eigenvalue weighted by atomic mass is 16.5. The van der Waals surface area contributed by atoms with Crippen LogP contribution >= 0.6 is 0 Å². The van der Waals surface area contributed by atoms with E-state index in [1.807, 2.05) is 6.07 Å². The molecule has 6 heteroatoms. The Labute approximate surface area is 123 Å². The second kappa shape index (κ2) is 7.64. The second-order valence-electron chi connectivity index (χ2n) is 5.27. The highest BCUT2D eigenvalue weighted by molar-refractivity contribution is 5.88. The van der Waals surface area contributed by atoms with E-state index in [1.165, 1.54) is 11.9 Å². The molecule has 3 amide bonds. The molecule has 0 aliphatic heterocycles. The van der Waals surface area contributed by atoms with E-state index in [1.54, 1.807) is 24.3 Å². The number of nitrogens with one attached hydrogen (secondary N) is 3. The van der Waals surface area contributed by atoms with Crippen LogP contribution in [-0.4, -0.2) is 23.2 Å². The number of rotatable bonds is 4. The molecule has 0 radical (unpaired) electrons. The molecule has 114 valence electrons. The van der Waals surface area contributed by atoms with Crippen LogP contribution in [-0.2, 0) is 4.79 Å². The minimum absolute atomic E-state index is 0.163. The second-order valence-corrected chi connectivity index (χ2v) is 5.27. The van der Waals surface area contributed by atoms with Crippen LogP contribution in [0, 0.1) is 0 Å². The van der Waals surface area contributed by atoms with Crippen molar-refractivity contribution in [2.24, 2.45) is 0 Å². The predicted octanol–water partition coefficient (Wildman–Crippen LogP) is 1.86. The number of carbonyl (C=O) groups excluding carboxylic acids is 2. The third-order valence-electron chi connectivity index (χ3n) is 3.72. The monoisotopic (exact) mass is 291 g/mol. The number of hydrogen-bond acceptors (Lipinski definition) is 3. The highest BCUT2D eigenvalue weighted by Crippen LogP contribution is 2.19. The van der Waals surface area contributed by atoms with E-state index in [-0.39, 0.29) is 11.9 Å². The lowest BCUT2D eigenvalue weighted by atomic mass is 9.95. The Bertz CT molecular complexity index is 472. The first-order chi connectivity index (χ1) is 10.2. The van der Waals surface area contributed by atoms with Crippen LogP contribution < -0.4 is 16.1 Å². The molecule has 1 fully saturated rings. The molecule has 1 aliphatic rings. The zero-order valence-corrected chi connectivity index (χ0v) is 11.8. The van der Waals surface area contributed by atoms with Gasteiger partial charge in [-0.05, 0) is 18.4 Å². The first-order valence-corrected chi connectivity index (χ1v) is 7.26. The third-order valence-corrected chi connectivity index (χ3v) is 3.72. The Morgan fingerprint density at radius 2 is 1.76 bits per heavy atom. The van der Waals surface area contributed by atoms with Gasteiger partial charge in [0.2, 0.25) is 5.91 Å². The van der Waals surface area contributed by atoms with Crippen LogP contribution in [0.15, 0.2) is 30.3 Å². The Kier molecular flexibility index (Phi) is 5.57. The topological polar surface area (TPSA) is 90.5 Å². The van der Waals surface area contributed by atoms with Crippen molar-refractivity contribution >= 4 is 11.9 Å². The summed E-state index contributed by atoms with van der Waals surface area (Å²) in [5.41, 5.74) is 2.17. The number of hydroxylamine groups is 1. The quantitative estimate of drug-likeness (QED) is 0.504. The Balaban J connectivity index is 2.06. The molecule has 0 aromatic heterocycles. The molecule has 0 spiro atoms. The molecule has 21 heavy (non-hydrogen) atoms. The predicted molar refractivity (Wildman–Crippen MR) is 77.7 cm³/mol. The van der Waals surface area contributed by atoms with Crippen molar-refractivity contribution < 1.29 is 14.8 Å². The van der Waals surface area contributed by atoms with Crippen LogP contribution in [0.1, 0.15) is 43.7 Å². The van der Waals surface area contributed by atoms with E-state index in [0.29, 0.717) is 5.56 Å². The Morgan fingerprint density at radius 3 is 2.38 bits per heavy atom. The molecule has 1 aromatic rings. The van der Waals surface area contributed by atoms with Crippen molar-refractivity contribution in [3.63, 3.8) is 0 Å². The van der Waals surface area contributed by atoms with Gasteiger partial charge in [0.05, 0.1) is 0 Å². The normalized spacial score (nSPS) is 16.8. The molecule has 1 atom stereocenters. The van der Waals surface area contributed by atoms with Crippen LogP contribution in [0.3, 0.4) is 0 Å². The number of carbonyl (C=O) groups is 2. The van der Waals surface area contributed by atoms with Crippen LogP contribution in [0.4, 0.5) is 4.79 Å². The fourth-order valence-corrected chi connectivity index (χ4v) is 2.64. The highest BCUT2D eigenvalue weighted by Gasteiger charge is 2.25. The molecular weight excluding hydrogens is 270 g/mol. The van der Waals surface area contributed by atoms with Gasteiger partial charge in [-0.3, -0.25) is 10.0 Å². The first-order valence-electron chi connectivity index (χ1n) is 7.26. The van der Waals surface area contributed by atoms with E-state index >= 15 is 0 Å². The Morgan fingerprint density at radius 1 is 1.10 bits per heavy atom. The lowest BCUT2D eigenvalue weighted by molar-refractivity contribution is -0.124. The fraction of sp³-hybridized carbons (Fsp3) is 0.467. The fourth-order valence-electron chi connectivity index (χ4n) is 2.64. The largest absolute Gasteiger partial charge is 0.351 e. The SMILES string of the molecule is O=C(NO)N[C@@H](C(=O)NC1CCCCC1)c1ccccc1. The Hall–Kier alpha value is -2.08. The van der Waals surface area contributed by atoms with Gasteiger partial charge in [-0.2, -0.15) is 0 Å². The molecule has 0 saturated heterocycles. The van der Waals surface area contributed by atoms with Crippen molar-refractivity contribution in [2.45, 2.75) is 44.2 Å². The third kappa shape index (κ3) is 4.46. The van der Waals surface area contributed by atoms with Crippen molar-refractivity contribution in [1.82, 2.24) is 16.1 Å². The summed E-state index contributed by atoms with van der Waals surface area (Å²) < 4.78 is 0. The van der Waals surface area contributed by atoms with Crippen LogP contribution in [0.25, 0.3) is 0 Å². The van der Waals surface area contributed by atoms with E-state index in [9.17, 15) is 9.59 Å². The van der Waals surface area contributed by atoms with E-state index < -0.39 is 12.1 Å². The van der Waals surface area contributed by atoms with Crippen LogP contribution in [0.5, 0.6) is 0 Å². The van der Waals surface area contributed by atoms with Crippen molar-refractivity contribution in [2.75, 3.05) is 0 Å². The van der Waals surface area contributed by atoms with Gasteiger partial charge in [-0.25, -0.2) is 10.3 Å². The molecule has 1 aliphatic carbocycles. The number of hydrogen-bond donors (Lipinski definition) is 4. The van der Waals surface area contributed by atoms with Gasteiger partial charge in [0.15, 0.2) is 0 Å². The van der Waals surface area contributed by atoms with E-state index in [2.05, 4.69) is 10.6 Å².